The summed E-state index contributed by atoms with van der Waals surface area (Å²) in [5.41, 5.74) is 2.16. The van der Waals surface area contributed by atoms with Crippen LogP contribution in [0.15, 0.2) is 0 Å². The van der Waals surface area contributed by atoms with Crippen LogP contribution in [0.4, 0.5) is 0 Å². The molecule has 1 saturated heterocycles. The second-order valence-electron chi connectivity index (χ2n) is 6.89. The first-order valence-corrected chi connectivity index (χ1v) is 7.76. The monoisotopic (exact) mass is 298 g/mol. The number of aryl methyl sites for hydroxylation is 2. The van der Waals surface area contributed by atoms with Gasteiger partial charge in [-0.2, -0.15) is 5.10 Å². The number of nitrogens with zero attached hydrogens (tertiary/aromatic N) is 3. The lowest BCUT2D eigenvalue weighted by Crippen LogP contribution is -2.62. The first-order chi connectivity index (χ1) is 9.22. The van der Waals surface area contributed by atoms with Crippen LogP contribution in [0, 0.1) is 12.8 Å². The molecule has 20 heavy (non-hydrogen) atoms. The van der Waals surface area contributed by atoms with Crippen molar-refractivity contribution in [1.82, 2.24) is 20.0 Å². The van der Waals surface area contributed by atoms with Crippen molar-refractivity contribution in [3.63, 3.8) is 0 Å². The molecule has 1 unspecified atom stereocenters. The van der Waals surface area contributed by atoms with Gasteiger partial charge in [0.2, 0.25) is 0 Å². The summed E-state index contributed by atoms with van der Waals surface area (Å²) in [4.78, 5) is 2.52. The van der Waals surface area contributed by atoms with E-state index < -0.39 is 0 Å². The van der Waals surface area contributed by atoms with E-state index in [1.165, 1.54) is 0 Å². The van der Waals surface area contributed by atoms with Crippen LogP contribution in [0.2, 0.25) is 5.02 Å². The van der Waals surface area contributed by atoms with Gasteiger partial charge in [0.15, 0.2) is 0 Å². The van der Waals surface area contributed by atoms with Crippen LogP contribution in [0.5, 0.6) is 0 Å². The van der Waals surface area contributed by atoms with Crippen LogP contribution in [0.3, 0.4) is 0 Å². The highest BCUT2D eigenvalue weighted by molar-refractivity contribution is 6.31. The second-order valence-corrected chi connectivity index (χ2v) is 7.27. The van der Waals surface area contributed by atoms with Gasteiger partial charge in [0.05, 0.1) is 16.4 Å². The third kappa shape index (κ3) is 3.02. The van der Waals surface area contributed by atoms with E-state index in [1.807, 2.05) is 18.7 Å². The highest BCUT2D eigenvalue weighted by Gasteiger charge is 2.35. The fraction of sp³-hybridized carbons (Fsp3) is 0.800. The minimum Gasteiger partial charge on any atom is -0.311 e. The van der Waals surface area contributed by atoms with E-state index in [2.05, 4.69) is 43.0 Å². The molecule has 1 N–H and O–H groups in total. The van der Waals surface area contributed by atoms with E-state index in [0.29, 0.717) is 12.0 Å². The van der Waals surface area contributed by atoms with Crippen molar-refractivity contribution in [2.75, 3.05) is 13.1 Å². The van der Waals surface area contributed by atoms with E-state index in [0.717, 1.165) is 36.0 Å². The van der Waals surface area contributed by atoms with Crippen LogP contribution < -0.4 is 5.32 Å². The van der Waals surface area contributed by atoms with Gasteiger partial charge in [0.25, 0.3) is 0 Å². The van der Waals surface area contributed by atoms with Crippen LogP contribution >= 0.6 is 11.6 Å². The number of rotatable bonds is 3. The molecule has 2 heterocycles. The molecule has 0 bridgehead atoms. The minimum atomic E-state index is 0.132. The molecule has 2 rings (SSSR count). The zero-order valence-electron chi connectivity index (χ0n) is 13.5. The molecule has 0 radical (unpaired) electrons. The maximum Gasteiger partial charge on any atom is 0.0860 e. The summed E-state index contributed by atoms with van der Waals surface area (Å²) in [6.45, 7) is 14.0. The second kappa shape index (κ2) is 5.66. The van der Waals surface area contributed by atoms with Gasteiger partial charge in [-0.3, -0.25) is 9.58 Å². The number of hydrogen-bond donors (Lipinski definition) is 1. The molecule has 1 aromatic heterocycles. The van der Waals surface area contributed by atoms with Crippen molar-refractivity contribution >= 4 is 11.6 Å². The Balaban J connectivity index is 2.20. The molecular formula is C15H27ClN4. The number of halogens is 1. The van der Waals surface area contributed by atoms with E-state index in [1.54, 1.807) is 0 Å². The summed E-state index contributed by atoms with van der Waals surface area (Å²) in [5, 5.41) is 8.89. The van der Waals surface area contributed by atoms with Crippen molar-refractivity contribution in [2.24, 2.45) is 13.0 Å². The molecule has 0 amide bonds. The third-order valence-corrected chi connectivity index (χ3v) is 4.97. The summed E-state index contributed by atoms with van der Waals surface area (Å²) in [7, 11) is 1.98. The Morgan fingerprint density at radius 1 is 1.45 bits per heavy atom. The first kappa shape index (κ1) is 15.8. The lowest BCUT2D eigenvalue weighted by Gasteiger charge is -2.47. The van der Waals surface area contributed by atoms with E-state index >= 15 is 0 Å². The lowest BCUT2D eigenvalue weighted by atomic mass is 9.92. The van der Waals surface area contributed by atoms with Gasteiger partial charge in [0.1, 0.15) is 0 Å². The van der Waals surface area contributed by atoms with E-state index in [4.69, 9.17) is 11.6 Å². The normalized spacial score (nSPS) is 23.5. The van der Waals surface area contributed by atoms with Gasteiger partial charge in [-0.25, -0.2) is 0 Å². The zero-order valence-corrected chi connectivity index (χ0v) is 14.3. The molecule has 114 valence electrons. The predicted molar refractivity (Wildman–Crippen MR) is 84.1 cm³/mol. The van der Waals surface area contributed by atoms with Crippen LogP contribution in [0.25, 0.3) is 0 Å². The van der Waals surface area contributed by atoms with Gasteiger partial charge < -0.3 is 5.32 Å². The largest absolute Gasteiger partial charge is 0.311 e. The van der Waals surface area contributed by atoms with Crippen LogP contribution in [-0.2, 0) is 13.6 Å². The fourth-order valence-corrected chi connectivity index (χ4v) is 3.02. The van der Waals surface area contributed by atoms with Crippen molar-refractivity contribution < 1.29 is 0 Å². The SMILES string of the molecule is Cc1nn(C)c(CN2CC(C(C)C)NCC2(C)C)c1Cl. The first-order valence-electron chi connectivity index (χ1n) is 7.39. The Kier molecular flexibility index (Phi) is 4.47. The molecule has 0 aromatic carbocycles. The van der Waals surface area contributed by atoms with Crippen molar-refractivity contribution in [1.29, 1.82) is 0 Å². The standard InChI is InChI=1S/C15H27ClN4/c1-10(2)12-7-20(15(4,5)9-17-12)8-13-14(16)11(3)18-19(13)6/h10,12,17H,7-9H2,1-6H3. The van der Waals surface area contributed by atoms with Crippen LogP contribution in [0.1, 0.15) is 39.1 Å². The van der Waals surface area contributed by atoms with Gasteiger partial charge in [-0.15, -0.1) is 0 Å². The molecule has 1 fully saturated rings. The molecule has 0 aliphatic carbocycles. The van der Waals surface area contributed by atoms with Gasteiger partial charge in [-0.05, 0) is 26.7 Å². The molecule has 1 aliphatic heterocycles. The number of piperazine rings is 1. The smallest absolute Gasteiger partial charge is 0.0860 e. The summed E-state index contributed by atoms with van der Waals surface area (Å²) < 4.78 is 1.92. The summed E-state index contributed by atoms with van der Waals surface area (Å²) >= 11 is 6.40. The molecule has 5 heteroatoms. The highest BCUT2D eigenvalue weighted by atomic mass is 35.5. The maximum atomic E-state index is 6.40. The third-order valence-electron chi connectivity index (χ3n) is 4.48. The maximum absolute atomic E-state index is 6.40. The summed E-state index contributed by atoms with van der Waals surface area (Å²) in [5.74, 6) is 0.636. The molecule has 1 atom stereocenters. The average molecular weight is 299 g/mol. The predicted octanol–water partition coefficient (Wildman–Crippen LogP) is 2.59. The van der Waals surface area contributed by atoms with Crippen molar-refractivity contribution in [2.45, 2.75) is 52.7 Å². The fourth-order valence-electron chi connectivity index (χ4n) is 2.80. The quantitative estimate of drug-likeness (QED) is 0.931. The molecule has 1 aliphatic rings. The Hall–Kier alpha value is -0.580. The Bertz CT molecular complexity index is 478. The van der Waals surface area contributed by atoms with Crippen molar-refractivity contribution in [3.8, 4) is 0 Å². The molecule has 1 aromatic rings. The lowest BCUT2D eigenvalue weighted by molar-refractivity contribution is 0.0454. The van der Waals surface area contributed by atoms with Gasteiger partial charge in [0, 0.05) is 38.3 Å². The van der Waals surface area contributed by atoms with E-state index in [-0.39, 0.29) is 5.54 Å². The topological polar surface area (TPSA) is 33.1 Å². The minimum absolute atomic E-state index is 0.132. The Morgan fingerprint density at radius 3 is 2.60 bits per heavy atom. The van der Waals surface area contributed by atoms with Crippen LogP contribution in [-0.4, -0.2) is 39.4 Å². The molecule has 4 nitrogen and oxygen atoms in total. The summed E-state index contributed by atoms with van der Waals surface area (Å²) in [6, 6.07) is 0.538. The summed E-state index contributed by atoms with van der Waals surface area (Å²) in [6.07, 6.45) is 0. The Morgan fingerprint density at radius 2 is 2.10 bits per heavy atom. The molecular weight excluding hydrogens is 272 g/mol. The number of aromatic nitrogens is 2. The van der Waals surface area contributed by atoms with Gasteiger partial charge in [-0.1, -0.05) is 25.4 Å². The zero-order chi connectivity index (χ0) is 15.1. The highest BCUT2D eigenvalue weighted by Crippen LogP contribution is 2.27. The average Bonchev–Trinajstić information content (AvgIpc) is 2.57. The number of hydrogen-bond acceptors (Lipinski definition) is 3. The Labute approximate surface area is 127 Å². The van der Waals surface area contributed by atoms with Gasteiger partial charge >= 0.3 is 0 Å². The van der Waals surface area contributed by atoms with E-state index in [9.17, 15) is 0 Å². The molecule has 0 spiro atoms. The number of nitrogens with one attached hydrogen (secondary N) is 1. The molecule has 0 saturated carbocycles. The van der Waals surface area contributed by atoms with Crippen molar-refractivity contribution in [3.05, 3.63) is 16.4 Å².